The standard InChI is InChI=1S/C6H8SSe/c1-4-3-6(7)5(2)8-4/h3,7H,1-2H3. The Hall–Kier alpha value is 0.349. The molecule has 0 aliphatic heterocycles. The van der Waals surface area contributed by atoms with Crippen LogP contribution in [-0.2, 0) is 0 Å². The summed E-state index contributed by atoms with van der Waals surface area (Å²) in [4.78, 5) is 1.18. The topological polar surface area (TPSA) is 0 Å². The average Bonchev–Trinajstić information content (AvgIpc) is 1.85. The van der Waals surface area contributed by atoms with Crippen LogP contribution in [0.25, 0.3) is 0 Å². The monoisotopic (exact) mass is 192 g/mol. The van der Waals surface area contributed by atoms with Crippen molar-refractivity contribution in [3.63, 3.8) is 0 Å². The van der Waals surface area contributed by atoms with Crippen molar-refractivity contribution in [3.8, 4) is 0 Å². The summed E-state index contributed by atoms with van der Waals surface area (Å²) in [6.07, 6.45) is 0. The second-order valence-corrected chi connectivity index (χ2v) is 5.34. The fraction of sp³-hybridized carbons (Fsp3) is 0.333. The van der Waals surface area contributed by atoms with Crippen LogP contribution >= 0.6 is 12.6 Å². The Morgan fingerprint density at radius 3 is 2.25 bits per heavy atom. The zero-order valence-corrected chi connectivity index (χ0v) is 7.54. The second kappa shape index (κ2) is 2.30. The zero-order chi connectivity index (χ0) is 6.15. The summed E-state index contributed by atoms with van der Waals surface area (Å²) in [5, 5.41) is 0. The molecular formula is C6H8SSe. The molecule has 0 spiro atoms. The van der Waals surface area contributed by atoms with Crippen LogP contribution in [0.2, 0.25) is 0 Å². The molecule has 0 aliphatic carbocycles. The predicted octanol–water partition coefficient (Wildman–Crippen LogP) is 1.65. The van der Waals surface area contributed by atoms with Gasteiger partial charge in [-0.05, 0) is 0 Å². The van der Waals surface area contributed by atoms with Crippen LogP contribution < -0.4 is 0 Å². The first-order valence-corrected chi connectivity index (χ1v) is 4.62. The molecule has 0 saturated heterocycles. The van der Waals surface area contributed by atoms with Gasteiger partial charge in [-0.1, -0.05) is 0 Å². The molecule has 0 saturated carbocycles. The number of hydrogen-bond donors (Lipinski definition) is 1. The average molecular weight is 191 g/mol. The molecule has 0 atom stereocenters. The predicted molar refractivity (Wildman–Crippen MR) is 40.1 cm³/mol. The van der Waals surface area contributed by atoms with Crippen molar-refractivity contribution in [1.29, 1.82) is 0 Å². The van der Waals surface area contributed by atoms with Gasteiger partial charge in [0.05, 0.1) is 0 Å². The van der Waals surface area contributed by atoms with Crippen molar-refractivity contribution < 1.29 is 0 Å². The molecule has 0 amide bonds. The Morgan fingerprint density at radius 2 is 2.12 bits per heavy atom. The van der Waals surface area contributed by atoms with Crippen LogP contribution in [0, 0.1) is 13.8 Å². The van der Waals surface area contributed by atoms with E-state index in [9.17, 15) is 0 Å². The Labute approximate surface area is 61.1 Å². The van der Waals surface area contributed by atoms with Gasteiger partial charge in [-0.3, -0.25) is 0 Å². The third kappa shape index (κ3) is 1.19. The summed E-state index contributed by atoms with van der Waals surface area (Å²) in [6, 6.07) is 2.15. The van der Waals surface area contributed by atoms with Crippen LogP contribution in [0.15, 0.2) is 11.0 Å². The third-order valence-corrected chi connectivity index (χ3v) is 3.85. The second-order valence-electron chi connectivity index (χ2n) is 1.80. The number of rotatable bonds is 0. The molecule has 0 nitrogen and oxygen atoms in total. The molecule has 44 valence electrons. The van der Waals surface area contributed by atoms with Crippen LogP contribution in [0.5, 0.6) is 0 Å². The van der Waals surface area contributed by atoms with Gasteiger partial charge in [0.15, 0.2) is 0 Å². The minimum absolute atomic E-state index is 0.622. The van der Waals surface area contributed by atoms with Gasteiger partial charge in [0.25, 0.3) is 0 Å². The normalized spacial score (nSPS) is 9.88. The van der Waals surface area contributed by atoms with Crippen molar-refractivity contribution in [1.82, 2.24) is 0 Å². The summed E-state index contributed by atoms with van der Waals surface area (Å²) >= 11 is 4.89. The molecule has 0 unspecified atom stereocenters. The fourth-order valence-electron chi connectivity index (χ4n) is 0.617. The first-order valence-electron chi connectivity index (χ1n) is 2.46. The van der Waals surface area contributed by atoms with E-state index in [0.717, 1.165) is 0 Å². The van der Waals surface area contributed by atoms with E-state index in [2.05, 4.69) is 32.5 Å². The Kier molecular flexibility index (Phi) is 1.86. The number of hydrogen-bond acceptors (Lipinski definition) is 1. The SMILES string of the molecule is Cc1cc(S)c(C)[se]1. The summed E-state index contributed by atoms with van der Waals surface area (Å²) in [5.74, 6) is 0. The molecule has 0 radical (unpaired) electrons. The summed E-state index contributed by atoms with van der Waals surface area (Å²) < 4.78 is 2.94. The Morgan fingerprint density at radius 1 is 1.50 bits per heavy atom. The van der Waals surface area contributed by atoms with Gasteiger partial charge >= 0.3 is 60.8 Å². The first-order chi connectivity index (χ1) is 3.70. The van der Waals surface area contributed by atoms with E-state index < -0.39 is 0 Å². The molecule has 1 aromatic heterocycles. The van der Waals surface area contributed by atoms with Crippen LogP contribution in [0.4, 0.5) is 0 Å². The van der Waals surface area contributed by atoms with Crippen molar-refractivity contribution in [3.05, 3.63) is 14.9 Å². The van der Waals surface area contributed by atoms with Crippen molar-refractivity contribution in [2.75, 3.05) is 0 Å². The van der Waals surface area contributed by atoms with Gasteiger partial charge < -0.3 is 0 Å². The first kappa shape index (κ1) is 6.47. The molecule has 0 bridgehead atoms. The van der Waals surface area contributed by atoms with Crippen molar-refractivity contribution in [2.24, 2.45) is 0 Å². The molecule has 0 fully saturated rings. The van der Waals surface area contributed by atoms with Crippen LogP contribution in [0.3, 0.4) is 0 Å². The van der Waals surface area contributed by atoms with Crippen molar-refractivity contribution >= 4 is 27.1 Å². The Bertz CT molecular complexity index is 171. The molecule has 0 aromatic carbocycles. The van der Waals surface area contributed by atoms with E-state index >= 15 is 0 Å². The molecule has 0 aliphatic rings. The van der Waals surface area contributed by atoms with Gasteiger partial charge in [-0.15, -0.1) is 0 Å². The molecule has 1 rings (SSSR count). The molecular weight excluding hydrogens is 183 g/mol. The number of thiol groups is 1. The maximum absolute atomic E-state index is 4.27. The molecule has 8 heavy (non-hydrogen) atoms. The van der Waals surface area contributed by atoms with Crippen LogP contribution in [0.1, 0.15) is 8.87 Å². The van der Waals surface area contributed by atoms with Gasteiger partial charge in [-0.25, -0.2) is 0 Å². The van der Waals surface area contributed by atoms with Gasteiger partial charge in [0, 0.05) is 0 Å². The fourth-order valence-corrected chi connectivity index (χ4v) is 2.97. The van der Waals surface area contributed by atoms with Gasteiger partial charge in [0.2, 0.25) is 0 Å². The van der Waals surface area contributed by atoms with E-state index in [-0.39, 0.29) is 0 Å². The van der Waals surface area contributed by atoms with Gasteiger partial charge in [-0.2, -0.15) is 0 Å². The summed E-state index contributed by atoms with van der Waals surface area (Å²) in [5.41, 5.74) is 0. The van der Waals surface area contributed by atoms with E-state index in [1.807, 2.05) is 0 Å². The van der Waals surface area contributed by atoms with E-state index in [4.69, 9.17) is 0 Å². The van der Waals surface area contributed by atoms with E-state index in [1.54, 1.807) is 0 Å². The van der Waals surface area contributed by atoms with Gasteiger partial charge in [0.1, 0.15) is 0 Å². The molecule has 0 N–H and O–H groups in total. The quantitative estimate of drug-likeness (QED) is 0.468. The Balaban J connectivity index is 3.14. The van der Waals surface area contributed by atoms with Crippen molar-refractivity contribution in [2.45, 2.75) is 18.7 Å². The number of aryl methyl sites for hydroxylation is 2. The molecule has 2 heteroatoms. The maximum atomic E-state index is 4.27. The van der Waals surface area contributed by atoms with E-state index in [0.29, 0.717) is 14.5 Å². The molecule has 1 aromatic rings. The zero-order valence-electron chi connectivity index (χ0n) is 4.93. The van der Waals surface area contributed by atoms with E-state index in [1.165, 1.54) is 13.8 Å². The summed E-state index contributed by atoms with van der Waals surface area (Å²) in [7, 11) is 0. The molecule has 1 heterocycles. The third-order valence-electron chi connectivity index (χ3n) is 1.01. The van der Waals surface area contributed by atoms with Crippen LogP contribution in [-0.4, -0.2) is 14.5 Å². The minimum atomic E-state index is 0.622. The summed E-state index contributed by atoms with van der Waals surface area (Å²) in [6.45, 7) is 4.31.